The van der Waals surface area contributed by atoms with Crippen molar-refractivity contribution in [2.24, 2.45) is 5.41 Å². The largest absolute Gasteiger partial charge is 0.480 e. The molecule has 2 saturated heterocycles. The molecule has 0 radical (unpaired) electrons. The lowest BCUT2D eigenvalue weighted by Crippen LogP contribution is -2.43. The van der Waals surface area contributed by atoms with Gasteiger partial charge in [0.05, 0.1) is 6.54 Å². The number of piperidine rings is 1. The average Bonchev–Trinajstić information content (AvgIpc) is 3.20. The van der Waals surface area contributed by atoms with Crippen molar-refractivity contribution in [1.29, 1.82) is 0 Å². The first kappa shape index (κ1) is 18.4. The molecule has 8 nitrogen and oxygen atoms in total. The van der Waals surface area contributed by atoms with E-state index in [1.54, 1.807) is 19.1 Å². The van der Waals surface area contributed by atoms with E-state index in [0.717, 1.165) is 12.8 Å². The number of carboxylic acids is 1. The molecule has 26 heavy (non-hydrogen) atoms. The van der Waals surface area contributed by atoms with Crippen LogP contribution in [0.15, 0.2) is 16.5 Å². The zero-order chi connectivity index (χ0) is 18.9. The minimum atomic E-state index is -0.839. The van der Waals surface area contributed by atoms with Gasteiger partial charge in [-0.25, -0.2) is 0 Å². The third-order valence-electron chi connectivity index (χ3n) is 5.63. The minimum Gasteiger partial charge on any atom is -0.480 e. The van der Waals surface area contributed by atoms with Crippen LogP contribution in [0.5, 0.6) is 0 Å². The number of carbonyl (C=O) groups excluding carboxylic acids is 2. The predicted octanol–water partition coefficient (Wildman–Crippen LogP) is 0.927. The van der Waals surface area contributed by atoms with Crippen molar-refractivity contribution in [3.05, 3.63) is 23.7 Å². The van der Waals surface area contributed by atoms with Gasteiger partial charge in [0.25, 0.3) is 5.91 Å². The lowest BCUT2D eigenvalue weighted by Gasteiger charge is -2.39. The standard InChI is InChI=1S/C18H25N3O5/c1-12(22)20-7-5-18(6-8-20)9-14(17(24)25)21(11-18)10-13-3-4-15(26-13)16(23)19-2/h3-4,14H,5-11H2,1-2H3,(H,19,23)(H,24,25). The van der Waals surface area contributed by atoms with E-state index in [1.807, 2.05) is 9.80 Å². The van der Waals surface area contributed by atoms with Gasteiger partial charge in [-0.05, 0) is 36.8 Å². The number of furan rings is 1. The summed E-state index contributed by atoms with van der Waals surface area (Å²) in [5, 5.41) is 12.1. The van der Waals surface area contributed by atoms with Crippen molar-refractivity contribution in [2.45, 2.75) is 38.8 Å². The maximum Gasteiger partial charge on any atom is 0.320 e. The molecule has 1 unspecified atom stereocenters. The van der Waals surface area contributed by atoms with Gasteiger partial charge in [0.1, 0.15) is 11.8 Å². The fourth-order valence-corrected chi connectivity index (χ4v) is 4.12. The second-order valence-electron chi connectivity index (χ2n) is 7.31. The van der Waals surface area contributed by atoms with Crippen LogP contribution in [0.3, 0.4) is 0 Å². The van der Waals surface area contributed by atoms with E-state index in [0.29, 0.717) is 38.4 Å². The van der Waals surface area contributed by atoms with Crippen molar-refractivity contribution in [3.63, 3.8) is 0 Å². The van der Waals surface area contributed by atoms with Crippen molar-refractivity contribution < 1.29 is 23.9 Å². The number of hydrogen-bond acceptors (Lipinski definition) is 5. The fraction of sp³-hybridized carbons (Fsp3) is 0.611. The molecule has 1 spiro atoms. The Balaban J connectivity index is 1.70. The molecule has 2 N–H and O–H groups in total. The van der Waals surface area contributed by atoms with Crippen LogP contribution in [0.2, 0.25) is 0 Å². The Morgan fingerprint density at radius 2 is 2.00 bits per heavy atom. The summed E-state index contributed by atoms with van der Waals surface area (Å²) in [6, 6.07) is 2.74. The first-order valence-corrected chi connectivity index (χ1v) is 8.87. The summed E-state index contributed by atoms with van der Waals surface area (Å²) >= 11 is 0. The monoisotopic (exact) mass is 363 g/mol. The van der Waals surface area contributed by atoms with E-state index in [-0.39, 0.29) is 23.0 Å². The van der Waals surface area contributed by atoms with Gasteiger partial charge in [-0.15, -0.1) is 0 Å². The summed E-state index contributed by atoms with van der Waals surface area (Å²) in [5.74, 6) is -0.276. The van der Waals surface area contributed by atoms with Gasteiger partial charge in [0.2, 0.25) is 5.91 Å². The van der Waals surface area contributed by atoms with E-state index in [4.69, 9.17) is 4.42 Å². The van der Waals surface area contributed by atoms with Gasteiger partial charge < -0.3 is 19.7 Å². The molecule has 142 valence electrons. The highest BCUT2D eigenvalue weighted by atomic mass is 16.4. The summed E-state index contributed by atoms with van der Waals surface area (Å²) in [7, 11) is 1.53. The van der Waals surface area contributed by atoms with Crippen LogP contribution in [-0.2, 0) is 16.1 Å². The number of rotatable bonds is 4. The maximum atomic E-state index is 11.8. The molecular weight excluding hydrogens is 338 g/mol. The van der Waals surface area contributed by atoms with Gasteiger partial charge in [0, 0.05) is 33.6 Å². The third kappa shape index (κ3) is 3.60. The van der Waals surface area contributed by atoms with Crippen LogP contribution in [0.1, 0.15) is 42.5 Å². The molecule has 1 aromatic heterocycles. The Bertz CT molecular complexity index is 705. The second kappa shape index (κ2) is 7.11. The summed E-state index contributed by atoms with van der Waals surface area (Å²) in [6.45, 7) is 3.94. The Labute approximate surface area is 152 Å². The number of hydrogen-bond donors (Lipinski definition) is 2. The first-order chi connectivity index (χ1) is 12.3. The van der Waals surface area contributed by atoms with Gasteiger partial charge in [-0.1, -0.05) is 0 Å². The number of carbonyl (C=O) groups is 3. The molecule has 2 aliphatic heterocycles. The van der Waals surface area contributed by atoms with E-state index < -0.39 is 12.0 Å². The molecule has 1 aromatic rings. The summed E-state index contributed by atoms with van der Waals surface area (Å²) in [6.07, 6.45) is 2.21. The van der Waals surface area contributed by atoms with Crippen molar-refractivity contribution in [3.8, 4) is 0 Å². The molecule has 2 fully saturated rings. The van der Waals surface area contributed by atoms with E-state index in [2.05, 4.69) is 5.32 Å². The highest BCUT2D eigenvalue weighted by Crippen LogP contribution is 2.44. The zero-order valence-corrected chi connectivity index (χ0v) is 15.2. The molecule has 0 saturated carbocycles. The molecule has 0 bridgehead atoms. The third-order valence-corrected chi connectivity index (χ3v) is 5.63. The Hall–Kier alpha value is -2.35. The van der Waals surface area contributed by atoms with Crippen molar-refractivity contribution in [2.75, 3.05) is 26.7 Å². The molecule has 2 aliphatic rings. The number of aliphatic carboxylic acids is 1. The molecule has 0 aliphatic carbocycles. The molecule has 2 amide bonds. The van der Waals surface area contributed by atoms with E-state index >= 15 is 0 Å². The Kier molecular flexibility index (Phi) is 5.04. The number of amides is 2. The van der Waals surface area contributed by atoms with Crippen LogP contribution >= 0.6 is 0 Å². The topological polar surface area (TPSA) is 103 Å². The fourth-order valence-electron chi connectivity index (χ4n) is 4.12. The van der Waals surface area contributed by atoms with Gasteiger partial charge in [0.15, 0.2) is 5.76 Å². The zero-order valence-electron chi connectivity index (χ0n) is 15.2. The van der Waals surface area contributed by atoms with Crippen LogP contribution in [-0.4, -0.2) is 65.4 Å². The van der Waals surface area contributed by atoms with E-state index in [1.165, 1.54) is 7.05 Å². The SMILES string of the molecule is CNC(=O)c1ccc(CN2CC3(CCN(C(C)=O)CC3)CC2C(=O)O)o1. The summed E-state index contributed by atoms with van der Waals surface area (Å²) < 4.78 is 5.55. The molecule has 0 aromatic carbocycles. The average molecular weight is 363 g/mol. The highest BCUT2D eigenvalue weighted by Gasteiger charge is 2.48. The normalized spacial score (nSPS) is 22.5. The van der Waals surface area contributed by atoms with Crippen LogP contribution < -0.4 is 5.32 Å². The lowest BCUT2D eigenvalue weighted by atomic mass is 9.76. The Morgan fingerprint density at radius 3 is 2.58 bits per heavy atom. The van der Waals surface area contributed by atoms with Crippen LogP contribution in [0.4, 0.5) is 0 Å². The molecule has 3 rings (SSSR count). The number of carboxylic acid groups (broad SMARTS) is 1. The number of likely N-dealkylation sites (tertiary alicyclic amines) is 2. The first-order valence-electron chi connectivity index (χ1n) is 8.87. The lowest BCUT2D eigenvalue weighted by molar-refractivity contribution is -0.142. The highest BCUT2D eigenvalue weighted by molar-refractivity contribution is 5.91. The van der Waals surface area contributed by atoms with Gasteiger partial charge in [-0.2, -0.15) is 0 Å². The smallest absolute Gasteiger partial charge is 0.320 e. The molecule has 3 heterocycles. The van der Waals surface area contributed by atoms with E-state index in [9.17, 15) is 19.5 Å². The van der Waals surface area contributed by atoms with Crippen molar-refractivity contribution in [1.82, 2.24) is 15.1 Å². The summed E-state index contributed by atoms with van der Waals surface area (Å²) in [5.41, 5.74) is -0.0782. The van der Waals surface area contributed by atoms with Crippen LogP contribution in [0.25, 0.3) is 0 Å². The minimum absolute atomic E-state index is 0.0711. The predicted molar refractivity (Wildman–Crippen MR) is 92.5 cm³/mol. The van der Waals surface area contributed by atoms with Gasteiger partial charge in [-0.3, -0.25) is 19.3 Å². The Morgan fingerprint density at radius 1 is 1.31 bits per heavy atom. The molecular formula is C18H25N3O5. The van der Waals surface area contributed by atoms with Crippen LogP contribution in [0, 0.1) is 5.41 Å². The summed E-state index contributed by atoms with van der Waals surface area (Å²) in [4.78, 5) is 38.7. The molecule has 8 heteroatoms. The number of nitrogens with zero attached hydrogens (tertiary/aromatic N) is 2. The second-order valence-corrected chi connectivity index (χ2v) is 7.31. The van der Waals surface area contributed by atoms with Crippen molar-refractivity contribution >= 4 is 17.8 Å². The molecule has 1 atom stereocenters. The van der Waals surface area contributed by atoms with Gasteiger partial charge >= 0.3 is 5.97 Å². The quantitative estimate of drug-likeness (QED) is 0.825. The maximum absolute atomic E-state index is 11.8. The number of nitrogens with one attached hydrogen (secondary N) is 1.